The van der Waals surface area contributed by atoms with E-state index in [1.165, 1.54) is 5.70 Å². The molecule has 3 aromatic rings. The number of rotatable bonds is 5. The van der Waals surface area contributed by atoms with Crippen LogP contribution in [-0.4, -0.2) is 70.5 Å². The van der Waals surface area contributed by atoms with Crippen molar-refractivity contribution in [2.75, 3.05) is 44.6 Å². The van der Waals surface area contributed by atoms with Crippen molar-refractivity contribution in [2.45, 2.75) is 6.04 Å². The summed E-state index contributed by atoms with van der Waals surface area (Å²) in [6.07, 6.45) is 0. The van der Waals surface area contributed by atoms with Gasteiger partial charge in [-0.05, 0) is 40.0 Å². The van der Waals surface area contributed by atoms with Gasteiger partial charge < -0.3 is 15.5 Å². The SMILES string of the molecule is O=C(Nc1ccccc1C1CN2C(CN3CCNCC3)=CSC2=N1)c1ccc2nonc2c1. The highest BCUT2D eigenvalue weighted by Crippen LogP contribution is 2.39. The lowest BCUT2D eigenvalue weighted by Crippen LogP contribution is -2.45. The second-order valence-corrected chi connectivity index (χ2v) is 9.14. The number of nitrogens with one attached hydrogen (secondary N) is 2. The highest BCUT2D eigenvalue weighted by molar-refractivity contribution is 8.16. The number of carbonyl (C=O) groups is 1. The van der Waals surface area contributed by atoms with Crippen LogP contribution in [0, 0.1) is 0 Å². The summed E-state index contributed by atoms with van der Waals surface area (Å²) < 4.78 is 4.73. The second-order valence-electron chi connectivity index (χ2n) is 8.30. The van der Waals surface area contributed by atoms with Gasteiger partial charge in [-0.3, -0.25) is 14.7 Å². The minimum atomic E-state index is -0.202. The first-order valence-corrected chi connectivity index (χ1v) is 11.9. The standard InChI is InChI=1S/C23H23N7O2S/c31-22(15-5-6-19-20(11-15)28-32-27-19)25-18-4-2-1-3-17(18)21-13-30-16(14-33-23(30)26-21)12-29-9-7-24-8-10-29/h1-6,11,14,21,24H,7-10,12-13H2,(H,25,31). The number of amidine groups is 1. The molecule has 0 saturated carbocycles. The van der Waals surface area contributed by atoms with Crippen molar-refractivity contribution in [3.8, 4) is 0 Å². The first-order valence-electron chi connectivity index (χ1n) is 11.0. The van der Waals surface area contributed by atoms with Gasteiger partial charge in [0, 0.05) is 55.2 Å². The van der Waals surface area contributed by atoms with E-state index in [0.29, 0.717) is 16.6 Å². The molecule has 4 heterocycles. The molecular formula is C23H23N7O2S. The normalized spacial score (nSPS) is 20.6. The molecule has 2 aromatic carbocycles. The van der Waals surface area contributed by atoms with Crippen molar-refractivity contribution in [1.29, 1.82) is 0 Å². The van der Waals surface area contributed by atoms with E-state index in [2.05, 4.69) is 36.2 Å². The molecule has 2 N–H and O–H groups in total. The van der Waals surface area contributed by atoms with Crippen LogP contribution >= 0.6 is 11.8 Å². The highest BCUT2D eigenvalue weighted by atomic mass is 32.2. The number of anilines is 1. The first kappa shape index (κ1) is 20.4. The van der Waals surface area contributed by atoms with Crippen molar-refractivity contribution in [3.05, 3.63) is 64.7 Å². The number of amides is 1. The van der Waals surface area contributed by atoms with Gasteiger partial charge in [0.15, 0.2) is 5.17 Å². The molecule has 9 nitrogen and oxygen atoms in total. The lowest BCUT2D eigenvalue weighted by atomic mass is 10.0. The van der Waals surface area contributed by atoms with Crippen LogP contribution < -0.4 is 10.6 Å². The van der Waals surface area contributed by atoms with Gasteiger partial charge in [-0.25, -0.2) is 4.63 Å². The van der Waals surface area contributed by atoms with Crippen LogP contribution in [0.2, 0.25) is 0 Å². The Bertz CT molecular complexity index is 1260. The fourth-order valence-corrected chi connectivity index (χ4v) is 5.37. The molecule has 1 saturated heterocycles. The van der Waals surface area contributed by atoms with Gasteiger partial charge in [0.05, 0.1) is 12.6 Å². The molecule has 3 aliphatic rings. The van der Waals surface area contributed by atoms with Crippen LogP contribution in [0.1, 0.15) is 22.0 Å². The Morgan fingerprint density at radius 1 is 1.15 bits per heavy atom. The topological polar surface area (TPSA) is 98.9 Å². The number of para-hydroxylation sites is 1. The summed E-state index contributed by atoms with van der Waals surface area (Å²) in [4.78, 5) is 22.7. The monoisotopic (exact) mass is 461 g/mol. The molecule has 0 bridgehead atoms. The summed E-state index contributed by atoms with van der Waals surface area (Å²) in [7, 11) is 0. The molecule has 6 rings (SSSR count). The van der Waals surface area contributed by atoms with Gasteiger partial charge in [-0.15, -0.1) is 0 Å². The lowest BCUT2D eigenvalue weighted by molar-refractivity contribution is 0.102. The number of carbonyl (C=O) groups excluding carboxylic acids is 1. The van der Waals surface area contributed by atoms with Crippen LogP contribution in [0.25, 0.3) is 11.0 Å². The van der Waals surface area contributed by atoms with Crippen molar-refractivity contribution >= 4 is 39.6 Å². The first-order chi connectivity index (χ1) is 16.2. The molecule has 0 aliphatic carbocycles. The maximum Gasteiger partial charge on any atom is 0.255 e. The van der Waals surface area contributed by atoms with E-state index in [4.69, 9.17) is 9.62 Å². The molecule has 33 heavy (non-hydrogen) atoms. The Morgan fingerprint density at radius 2 is 2.00 bits per heavy atom. The number of hydrogen-bond donors (Lipinski definition) is 2. The predicted molar refractivity (Wildman–Crippen MR) is 128 cm³/mol. The zero-order valence-corrected chi connectivity index (χ0v) is 18.7. The Morgan fingerprint density at radius 3 is 2.91 bits per heavy atom. The number of hydrogen-bond acceptors (Lipinski definition) is 9. The van der Waals surface area contributed by atoms with Crippen LogP contribution in [0.5, 0.6) is 0 Å². The van der Waals surface area contributed by atoms with Crippen molar-refractivity contribution < 1.29 is 9.42 Å². The molecule has 3 aliphatic heterocycles. The molecule has 0 spiro atoms. The number of nitrogens with zero attached hydrogens (tertiary/aromatic N) is 5. The van der Waals surface area contributed by atoms with Gasteiger partial charge in [-0.1, -0.05) is 30.0 Å². The second kappa shape index (κ2) is 8.62. The summed E-state index contributed by atoms with van der Waals surface area (Å²) in [5.41, 5.74) is 4.77. The maximum absolute atomic E-state index is 13.0. The zero-order chi connectivity index (χ0) is 22.2. The number of thioether (sulfide) groups is 1. The van der Waals surface area contributed by atoms with Gasteiger partial charge >= 0.3 is 0 Å². The Balaban J connectivity index is 1.18. The summed E-state index contributed by atoms with van der Waals surface area (Å²) in [5, 5.41) is 17.3. The Kier molecular flexibility index (Phi) is 5.33. The van der Waals surface area contributed by atoms with Gasteiger partial charge in [0.2, 0.25) is 0 Å². The molecule has 168 valence electrons. The summed E-state index contributed by atoms with van der Waals surface area (Å²) in [5.74, 6) is -0.202. The Labute approximate surface area is 194 Å². The third-order valence-electron chi connectivity index (χ3n) is 6.18. The van der Waals surface area contributed by atoms with Crippen molar-refractivity contribution in [1.82, 2.24) is 25.4 Å². The van der Waals surface area contributed by atoms with Crippen molar-refractivity contribution in [2.24, 2.45) is 4.99 Å². The summed E-state index contributed by atoms with van der Waals surface area (Å²) in [6, 6.07) is 13.0. The summed E-state index contributed by atoms with van der Waals surface area (Å²) in [6.45, 7) is 5.93. The average molecular weight is 462 g/mol. The van der Waals surface area contributed by atoms with Gasteiger partial charge in [-0.2, -0.15) is 0 Å². The number of aromatic nitrogens is 2. The van der Waals surface area contributed by atoms with Gasteiger partial charge in [0.1, 0.15) is 11.0 Å². The minimum absolute atomic E-state index is 0.0297. The average Bonchev–Trinajstić information content (AvgIpc) is 3.57. The molecule has 1 atom stereocenters. The zero-order valence-electron chi connectivity index (χ0n) is 17.9. The van der Waals surface area contributed by atoms with E-state index < -0.39 is 0 Å². The Hall–Kier alpha value is -3.21. The van der Waals surface area contributed by atoms with E-state index in [9.17, 15) is 4.79 Å². The van der Waals surface area contributed by atoms with Crippen LogP contribution in [0.15, 0.2) is 63.2 Å². The van der Waals surface area contributed by atoms with E-state index >= 15 is 0 Å². The predicted octanol–water partition coefficient (Wildman–Crippen LogP) is 2.68. The molecule has 10 heteroatoms. The van der Waals surface area contributed by atoms with E-state index in [-0.39, 0.29) is 11.9 Å². The molecule has 1 fully saturated rings. The van der Waals surface area contributed by atoms with Crippen LogP contribution in [0.3, 0.4) is 0 Å². The fourth-order valence-electron chi connectivity index (χ4n) is 4.42. The largest absolute Gasteiger partial charge is 0.322 e. The third kappa shape index (κ3) is 4.01. The molecule has 1 amide bonds. The maximum atomic E-state index is 13.0. The van der Waals surface area contributed by atoms with E-state index in [0.717, 1.165) is 55.7 Å². The molecule has 1 unspecified atom stereocenters. The number of piperazine rings is 1. The van der Waals surface area contributed by atoms with E-state index in [1.807, 2.05) is 24.3 Å². The number of aliphatic imine (C=N–C) groups is 1. The smallest absolute Gasteiger partial charge is 0.255 e. The van der Waals surface area contributed by atoms with Crippen molar-refractivity contribution in [3.63, 3.8) is 0 Å². The quantitative estimate of drug-likeness (QED) is 0.599. The fraction of sp³-hybridized carbons (Fsp3) is 0.304. The molecular weight excluding hydrogens is 438 g/mol. The highest BCUT2D eigenvalue weighted by Gasteiger charge is 2.34. The molecule has 1 aromatic heterocycles. The minimum Gasteiger partial charge on any atom is -0.322 e. The van der Waals surface area contributed by atoms with Crippen LogP contribution in [0.4, 0.5) is 5.69 Å². The number of benzene rings is 2. The van der Waals surface area contributed by atoms with E-state index in [1.54, 1.807) is 30.0 Å². The molecule has 0 radical (unpaired) electrons. The van der Waals surface area contributed by atoms with Crippen LogP contribution in [-0.2, 0) is 0 Å². The summed E-state index contributed by atoms with van der Waals surface area (Å²) >= 11 is 1.69. The number of fused-ring (bicyclic) bond motifs is 2. The third-order valence-corrected chi connectivity index (χ3v) is 7.11. The lowest BCUT2D eigenvalue weighted by Gasteiger charge is -2.29. The van der Waals surface area contributed by atoms with Gasteiger partial charge in [0.25, 0.3) is 5.91 Å².